The summed E-state index contributed by atoms with van der Waals surface area (Å²) in [6.45, 7) is 0. The topological polar surface area (TPSA) is 77.2 Å². The van der Waals surface area contributed by atoms with Gasteiger partial charge in [-0.3, -0.25) is 0 Å². The molecule has 4 nitrogen and oxygen atoms in total. The summed E-state index contributed by atoms with van der Waals surface area (Å²) in [5.74, 6) is 1.50. The van der Waals surface area contributed by atoms with Crippen LogP contribution in [-0.4, -0.2) is 19.6 Å². The van der Waals surface area contributed by atoms with Gasteiger partial charge in [-0.25, -0.2) is 18.4 Å². The first kappa shape index (κ1) is 6.48. The zero-order valence-corrected chi connectivity index (χ0v) is 5.31. The van der Waals surface area contributed by atoms with Gasteiger partial charge >= 0.3 is 0 Å². The Balaban J connectivity index is 2.87. The molecule has 0 heterocycles. The summed E-state index contributed by atoms with van der Waals surface area (Å²) < 4.78 is 20.7. The van der Waals surface area contributed by atoms with E-state index < -0.39 is 15.3 Å². The van der Waals surface area contributed by atoms with Gasteiger partial charge in [-0.1, -0.05) is 0 Å². The van der Waals surface area contributed by atoms with E-state index >= 15 is 0 Å². The molecule has 2 N–H and O–H groups in total. The van der Waals surface area contributed by atoms with Gasteiger partial charge in [0.2, 0.25) is 10.0 Å². The molecule has 1 fully saturated rings. The molecule has 1 atom stereocenters. The van der Waals surface area contributed by atoms with Crippen LogP contribution in [0.25, 0.3) is 0 Å². The first-order valence-electron chi connectivity index (χ1n) is 2.31. The van der Waals surface area contributed by atoms with Crippen molar-refractivity contribution >= 4 is 16.0 Å². The lowest BCUT2D eigenvalue weighted by molar-refractivity contribution is 0.568. The number of primary sulfonamides is 1. The van der Waals surface area contributed by atoms with Gasteiger partial charge in [0.25, 0.3) is 0 Å². The van der Waals surface area contributed by atoms with Crippen molar-refractivity contribution in [2.75, 3.05) is 0 Å². The fourth-order valence-corrected chi connectivity index (χ4v) is 1.42. The lowest BCUT2D eigenvalue weighted by Gasteiger charge is -1.84. The van der Waals surface area contributed by atoms with Crippen molar-refractivity contribution in [3.05, 3.63) is 5.57 Å². The van der Waals surface area contributed by atoms with Crippen molar-refractivity contribution in [3.8, 4) is 0 Å². The third-order valence-corrected chi connectivity index (χ3v) is 2.41. The minimum Gasteiger partial charge on any atom is -0.234 e. The Hall–Kier alpha value is -0.640. The summed E-state index contributed by atoms with van der Waals surface area (Å²) in [7, 11) is -3.49. The summed E-state index contributed by atoms with van der Waals surface area (Å²) >= 11 is 0. The van der Waals surface area contributed by atoms with E-state index in [1.54, 1.807) is 0 Å². The number of rotatable bonds is 1. The molecule has 0 aromatic heterocycles. The van der Waals surface area contributed by atoms with Gasteiger partial charge in [0, 0.05) is 12.0 Å². The van der Waals surface area contributed by atoms with Crippen molar-refractivity contribution in [1.82, 2.24) is 0 Å². The number of sulfonamides is 1. The van der Waals surface area contributed by atoms with E-state index in [0.29, 0.717) is 0 Å². The maximum absolute atomic E-state index is 10.3. The molecule has 0 aromatic carbocycles. The molecule has 0 aliphatic heterocycles. The molecule has 1 unspecified atom stereocenters. The Morgan fingerprint density at radius 3 is 2.33 bits per heavy atom. The average molecular weight is 147 g/mol. The fourth-order valence-electron chi connectivity index (χ4n) is 0.563. The highest BCUT2D eigenvalue weighted by molar-refractivity contribution is 7.90. The second-order valence-electron chi connectivity index (χ2n) is 1.91. The molecule has 0 spiro atoms. The predicted octanol–water partition coefficient (Wildman–Crippen LogP) is -1.19. The minimum atomic E-state index is -3.49. The second kappa shape index (κ2) is 1.67. The van der Waals surface area contributed by atoms with Gasteiger partial charge in [0.05, 0.1) is 0 Å². The van der Waals surface area contributed by atoms with Crippen molar-refractivity contribution in [1.29, 1.82) is 0 Å². The van der Waals surface area contributed by atoms with E-state index in [0.717, 1.165) is 0 Å². The van der Waals surface area contributed by atoms with Crippen LogP contribution in [0.15, 0.2) is 5.57 Å². The summed E-state index contributed by atoms with van der Waals surface area (Å²) in [5, 5.41) is 3.95. The molecule has 1 saturated carbocycles. The lowest BCUT2D eigenvalue weighted by atomic mass is 10.7. The number of hydrogen-bond acceptors (Lipinski definition) is 3. The van der Waals surface area contributed by atoms with Crippen LogP contribution in [0, 0.1) is 0 Å². The quantitative estimate of drug-likeness (QED) is 0.473. The average Bonchev–Trinajstić information content (AvgIpc) is 2.39. The summed E-state index contributed by atoms with van der Waals surface area (Å²) in [5.41, 5.74) is 0.262. The molecule has 1 aliphatic carbocycles. The molecule has 50 valence electrons. The van der Waals surface area contributed by atoms with Gasteiger partial charge in [-0.2, -0.15) is 0 Å². The fraction of sp³-hybridized carbons (Fsp3) is 0.500. The maximum Gasteiger partial charge on any atom is 0.216 e. The number of nitrogens with two attached hydrogens (primary N) is 1. The molecule has 1 aliphatic rings. The largest absolute Gasteiger partial charge is 0.234 e. The van der Waals surface area contributed by atoms with E-state index in [2.05, 4.69) is 5.14 Å². The molecular formula is C4H5NO3S. The Labute approximate surface area is 52.4 Å². The van der Waals surface area contributed by atoms with E-state index in [4.69, 9.17) is 0 Å². The third-order valence-electron chi connectivity index (χ3n) is 1.16. The number of carbonyl (C=O) groups excluding carboxylic acids is 1. The summed E-state index contributed by atoms with van der Waals surface area (Å²) in [4.78, 5) is 9.74. The zero-order valence-electron chi connectivity index (χ0n) is 4.49. The molecule has 1 rings (SSSR count). The van der Waals surface area contributed by atoms with Gasteiger partial charge in [0.15, 0.2) is 0 Å². The highest BCUT2D eigenvalue weighted by atomic mass is 32.2. The van der Waals surface area contributed by atoms with Crippen molar-refractivity contribution in [2.45, 2.75) is 11.7 Å². The first-order chi connectivity index (χ1) is 4.05. The van der Waals surface area contributed by atoms with E-state index in [1.165, 1.54) is 5.94 Å². The molecule has 5 heteroatoms. The van der Waals surface area contributed by atoms with Crippen molar-refractivity contribution in [3.63, 3.8) is 0 Å². The van der Waals surface area contributed by atoms with Gasteiger partial charge < -0.3 is 0 Å². The Morgan fingerprint density at radius 1 is 1.67 bits per heavy atom. The standard InChI is InChI=1S/C4H5NO3S/c5-9(7,8)4-1-3(4)2-6/h4H,1H2,(H2,5,7,8). The highest BCUT2D eigenvalue weighted by Crippen LogP contribution is 2.31. The monoisotopic (exact) mass is 147 g/mol. The minimum absolute atomic E-state index is 0.262. The zero-order chi connectivity index (χ0) is 7.07. The SMILES string of the molecule is NS(=O)(=O)C1CC1=C=O. The van der Waals surface area contributed by atoms with Crippen LogP contribution in [0.5, 0.6) is 0 Å². The molecular weight excluding hydrogens is 142 g/mol. The van der Waals surface area contributed by atoms with Crippen LogP contribution in [0.1, 0.15) is 6.42 Å². The highest BCUT2D eigenvalue weighted by Gasteiger charge is 2.41. The Morgan fingerprint density at radius 2 is 2.22 bits per heavy atom. The summed E-state index contributed by atoms with van der Waals surface area (Å²) in [6.07, 6.45) is 0.266. The van der Waals surface area contributed by atoms with Gasteiger partial charge in [0.1, 0.15) is 11.2 Å². The molecule has 0 amide bonds. The Kier molecular flexibility index (Phi) is 1.20. The second-order valence-corrected chi connectivity index (χ2v) is 3.66. The molecule has 0 aromatic rings. The lowest BCUT2D eigenvalue weighted by Crippen LogP contribution is -2.17. The molecule has 0 radical (unpaired) electrons. The van der Waals surface area contributed by atoms with Gasteiger partial charge in [-0.15, -0.1) is 0 Å². The van der Waals surface area contributed by atoms with E-state index in [1.807, 2.05) is 0 Å². The van der Waals surface area contributed by atoms with Gasteiger partial charge in [-0.05, 0) is 0 Å². The van der Waals surface area contributed by atoms with Crippen LogP contribution >= 0.6 is 0 Å². The summed E-state index contributed by atoms with van der Waals surface area (Å²) in [6, 6.07) is 0. The molecule has 0 bridgehead atoms. The van der Waals surface area contributed by atoms with Crippen LogP contribution < -0.4 is 5.14 Å². The normalized spacial score (nSPS) is 25.4. The van der Waals surface area contributed by atoms with Crippen LogP contribution in [0.3, 0.4) is 0 Å². The van der Waals surface area contributed by atoms with Crippen LogP contribution in [0.4, 0.5) is 0 Å². The first-order valence-corrected chi connectivity index (χ1v) is 3.92. The molecule has 0 saturated heterocycles. The Bertz CT molecular complexity index is 272. The third kappa shape index (κ3) is 1.18. The van der Waals surface area contributed by atoms with E-state index in [-0.39, 0.29) is 12.0 Å². The van der Waals surface area contributed by atoms with Crippen LogP contribution in [-0.2, 0) is 14.8 Å². The predicted molar refractivity (Wildman–Crippen MR) is 30.7 cm³/mol. The van der Waals surface area contributed by atoms with Crippen molar-refractivity contribution in [2.24, 2.45) is 5.14 Å². The maximum atomic E-state index is 10.3. The number of hydrogen-bond donors (Lipinski definition) is 1. The van der Waals surface area contributed by atoms with Crippen LogP contribution in [0.2, 0.25) is 0 Å². The van der Waals surface area contributed by atoms with Crippen molar-refractivity contribution < 1.29 is 13.2 Å². The smallest absolute Gasteiger partial charge is 0.216 e. The van der Waals surface area contributed by atoms with E-state index in [9.17, 15) is 13.2 Å². The molecule has 9 heavy (non-hydrogen) atoms.